The molecule has 0 saturated carbocycles. The first-order chi connectivity index (χ1) is 5.74. The standard InChI is InChI=1S/C10H11O2/c1-3-12-10(11)9-6-4-5-8(2)7-9/h4-7H,1,3H2,2H3. The average molecular weight is 163 g/mol. The fourth-order valence-corrected chi connectivity index (χ4v) is 0.948. The molecule has 63 valence electrons. The van der Waals surface area contributed by atoms with Crippen molar-refractivity contribution in [3.8, 4) is 0 Å². The van der Waals surface area contributed by atoms with Gasteiger partial charge in [-0.3, -0.25) is 0 Å². The molecule has 0 heterocycles. The summed E-state index contributed by atoms with van der Waals surface area (Å²) in [5.41, 5.74) is 1.63. The summed E-state index contributed by atoms with van der Waals surface area (Å²) in [5.74, 6) is -0.311. The quantitative estimate of drug-likeness (QED) is 0.623. The van der Waals surface area contributed by atoms with Crippen molar-refractivity contribution in [3.63, 3.8) is 0 Å². The number of rotatable bonds is 2. The van der Waals surface area contributed by atoms with Crippen LogP contribution >= 0.6 is 0 Å². The molecular weight excluding hydrogens is 152 g/mol. The Balaban J connectivity index is 2.81. The van der Waals surface area contributed by atoms with Crippen molar-refractivity contribution in [1.29, 1.82) is 0 Å². The Bertz CT molecular complexity index is 279. The van der Waals surface area contributed by atoms with E-state index in [1.54, 1.807) is 12.1 Å². The van der Waals surface area contributed by atoms with Crippen LogP contribution in [-0.2, 0) is 4.74 Å². The molecule has 0 aliphatic carbocycles. The summed E-state index contributed by atoms with van der Waals surface area (Å²) < 4.78 is 4.73. The van der Waals surface area contributed by atoms with Crippen LogP contribution < -0.4 is 0 Å². The Morgan fingerprint density at radius 1 is 1.58 bits per heavy atom. The molecule has 2 heteroatoms. The van der Waals surface area contributed by atoms with Gasteiger partial charge in [-0.2, -0.15) is 0 Å². The van der Waals surface area contributed by atoms with Crippen LogP contribution in [0.4, 0.5) is 0 Å². The number of benzene rings is 1. The molecule has 0 bridgehead atoms. The van der Waals surface area contributed by atoms with Gasteiger partial charge in [0.15, 0.2) is 0 Å². The first-order valence-corrected chi connectivity index (χ1v) is 3.77. The van der Waals surface area contributed by atoms with Gasteiger partial charge in [0, 0.05) is 0 Å². The van der Waals surface area contributed by atoms with E-state index in [0.29, 0.717) is 5.56 Å². The van der Waals surface area contributed by atoms with E-state index in [0.717, 1.165) is 5.56 Å². The van der Waals surface area contributed by atoms with Gasteiger partial charge in [-0.05, 0) is 26.0 Å². The molecule has 0 aliphatic rings. The highest BCUT2D eigenvalue weighted by Crippen LogP contribution is 2.04. The van der Waals surface area contributed by atoms with Crippen LogP contribution in [0, 0.1) is 13.8 Å². The Morgan fingerprint density at radius 2 is 2.33 bits per heavy atom. The van der Waals surface area contributed by atoms with Crippen LogP contribution in [0.2, 0.25) is 0 Å². The first kappa shape index (κ1) is 8.78. The number of carbonyl (C=O) groups is 1. The number of esters is 1. The van der Waals surface area contributed by atoms with Gasteiger partial charge in [0.2, 0.25) is 0 Å². The van der Waals surface area contributed by atoms with Gasteiger partial charge in [0.05, 0.1) is 12.2 Å². The molecule has 0 spiro atoms. The van der Waals surface area contributed by atoms with E-state index >= 15 is 0 Å². The lowest BCUT2D eigenvalue weighted by atomic mass is 10.1. The van der Waals surface area contributed by atoms with E-state index in [2.05, 4.69) is 6.92 Å². The molecule has 0 aromatic heterocycles. The minimum atomic E-state index is -0.311. The van der Waals surface area contributed by atoms with Crippen LogP contribution in [0.1, 0.15) is 15.9 Å². The molecule has 2 nitrogen and oxygen atoms in total. The molecule has 0 atom stereocenters. The summed E-state index contributed by atoms with van der Waals surface area (Å²) in [6.07, 6.45) is 0. The summed E-state index contributed by atoms with van der Waals surface area (Å²) in [5, 5.41) is 0. The zero-order chi connectivity index (χ0) is 8.97. The molecule has 1 rings (SSSR count). The summed E-state index contributed by atoms with van der Waals surface area (Å²) in [4.78, 5) is 11.1. The maximum Gasteiger partial charge on any atom is 0.338 e. The van der Waals surface area contributed by atoms with Crippen molar-refractivity contribution in [2.75, 3.05) is 6.61 Å². The van der Waals surface area contributed by atoms with E-state index in [4.69, 9.17) is 4.74 Å². The zero-order valence-electron chi connectivity index (χ0n) is 7.04. The Labute approximate surface area is 72.2 Å². The minimum Gasteiger partial charge on any atom is -0.462 e. The third kappa shape index (κ3) is 2.09. The molecule has 1 radical (unpaired) electrons. The maximum absolute atomic E-state index is 11.1. The summed E-state index contributed by atoms with van der Waals surface area (Å²) in [6, 6.07) is 7.28. The summed E-state index contributed by atoms with van der Waals surface area (Å²) in [7, 11) is 0. The van der Waals surface area contributed by atoms with Crippen molar-refractivity contribution < 1.29 is 9.53 Å². The van der Waals surface area contributed by atoms with E-state index < -0.39 is 0 Å². The van der Waals surface area contributed by atoms with Crippen LogP contribution in [-0.4, -0.2) is 12.6 Å². The number of carbonyl (C=O) groups excluding carboxylic acids is 1. The molecule has 0 saturated heterocycles. The molecule has 0 fully saturated rings. The van der Waals surface area contributed by atoms with Gasteiger partial charge in [0.25, 0.3) is 0 Å². The van der Waals surface area contributed by atoms with E-state index in [-0.39, 0.29) is 12.6 Å². The molecule has 0 aliphatic heterocycles. The lowest BCUT2D eigenvalue weighted by molar-refractivity contribution is 0.0547. The van der Waals surface area contributed by atoms with Crippen LogP contribution in [0.3, 0.4) is 0 Å². The van der Waals surface area contributed by atoms with Crippen molar-refractivity contribution in [1.82, 2.24) is 0 Å². The molecule has 0 amide bonds. The van der Waals surface area contributed by atoms with Crippen molar-refractivity contribution >= 4 is 5.97 Å². The zero-order valence-corrected chi connectivity index (χ0v) is 7.04. The van der Waals surface area contributed by atoms with E-state index in [1.165, 1.54) is 0 Å². The lowest BCUT2D eigenvalue weighted by Gasteiger charge is -2.01. The Kier molecular flexibility index (Phi) is 2.86. The van der Waals surface area contributed by atoms with Gasteiger partial charge in [0.1, 0.15) is 0 Å². The van der Waals surface area contributed by atoms with Gasteiger partial charge < -0.3 is 4.74 Å². The fourth-order valence-electron chi connectivity index (χ4n) is 0.948. The Morgan fingerprint density at radius 3 is 2.92 bits per heavy atom. The number of hydrogen-bond acceptors (Lipinski definition) is 2. The molecule has 1 aromatic rings. The van der Waals surface area contributed by atoms with Crippen LogP contribution in [0.25, 0.3) is 0 Å². The molecular formula is C10H11O2. The van der Waals surface area contributed by atoms with Gasteiger partial charge >= 0.3 is 5.97 Å². The molecule has 0 N–H and O–H groups in total. The van der Waals surface area contributed by atoms with Gasteiger partial charge in [-0.15, -0.1) is 0 Å². The van der Waals surface area contributed by atoms with E-state index in [1.807, 2.05) is 19.1 Å². The number of hydrogen-bond donors (Lipinski definition) is 0. The molecule has 12 heavy (non-hydrogen) atoms. The SMILES string of the molecule is [CH2]COC(=O)c1cccc(C)c1. The number of aryl methyl sites for hydroxylation is 1. The first-order valence-electron chi connectivity index (χ1n) is 3.77. The second-order valence-corrected chi connectivity index (χ2v) is 2.51. The highest BCUT2D eigenvalue weighted by atomic mass is 16.5. The normalized spacial score (nSPS) is 9.50. The predicted molar refractivity (Wildman–Crippen MR) is 46.8 cm³/mol. The second-order valence-electron chi connectivity index (χ2n) is 2.51. The highest BCUT2D eigenvalue weighted by Gasteiger charge is 2.04. The van der Waals surface area contributed by atoms with Crippen LogP contribution in [0.15, 0.2) is 24.3 Å². The third-order valence-corrected chi connectivity index (χ3v) is 1.49. The summed E-state index contributed by atoms with van der Waals surface area (Å²) in [6.45, 7) is 5.54. The van der Waals surface area contributed by atoms with Gasteiger partial charge in [-0.1, -0.05) is 17.7 Å². The monoisotopic (exact) mass is 163 g/mol. The van der Waals surface area contributed by atoms with Gasteiger partial charge in [-0.25, -0.2) is 4.79 Å². The van der Waals surface area contributed by atoms with Crippen molar-refractivity contribution in [2.45, 2.75) is 6.92 Å². The van der Waals surface area contributed by atoms with Crippen molar-refractivity contribution in [3.05, 3.63) is 42.3 Å². The van der Waals surface area contributed by atoms with Crippen molar-refractivity contribution in [2.24, 2.45) is 0 Å². The maximum atomic E-state index is 11.1. The Hall–Kier alpha value is -1.31. The molecule has 0 unspecified atom stereocenters. The highest BCUT2D eigenvalue weighted by molar-refractivity contribution is 5.89. The number of ether oxygens (including phenoxy) is 1. The second kappa shape index (κ2) is 3.90. The smallest absolute Gasteiger partial charge is 0.338 e. The van der Waals surface area contributed by atoms with Crippen LogP contribution in [0.5, 0.6) is 0 Å². The summed E-state index contributed by atoms with van der Waals surface area (Å²) >= 11 is 0. The third-order valence-electron chi connectivity index (χ3n) is 1.49. The lowest BCUT2D eigenvalue weighted by Crippen LogP contribution is -2.04. The average Bonchev–Trinajstić information content (AvgIpc) is 2.05. The minimum absolute atomic E-state index is 0.173. The predicted octanol–water partition coefficient (Wildman–Crippen LogP) is 1.99. The largest absolute Gasteiger partial charge is 0.462 e. The fraction of sp³-hybridized carbons (Fsp3) is 0.200. The topological polar surface area (TPSA) is 26.3 Å². The molecule has 1 aromatic carbocycles. The van der Waals surface area contributed by atoms with E-state index in [9.17, 15) is 4.79 Å².